The van der Waals surface area contributed by atoms with Gasteiger partial charge in [0.15, 0.2) is 24.0 Å². The fourth-order valence-corrected chi connectivity index (χ4v) is 4.56. The molecule has 0 heterocycles. The zero-order chi connectivity index (χ0) is 29.6. The predicted octanol–water partition coefficient (Wildman–Crippen LogP) is 9.75. The Kier molecular flexibility index (Phi) is 9.78. The summed E-state index contributed by atoms with van der Waals surface area (Å²) >= 11 is 0. The Bertz CT molecular complexity index is 1470. The van der Waals surface area contributed by atoms with Crippen LogP contribution < -0.4 is 9.47 Å². The molecule has 0 radical (unpaired) electrons. The molecule has 0 saturated carbocycles. The van der Waals surface area contributed by atoms with Crippen LogP contribution in [0.3, 0.4) is 0 Å². The molecule has 0 N–H and O–H groups in total. The molecule has 0 spiro atoms. The molecule has 4 aromatic carbocycles. The molecule has 0 saturated heterocycles. The van der Waals surface area contributed by atoms with Crippen LogP contribution in [0.4, 0.5) is 30.7 Å². The normalized spacial score (nSPS) is 11.7. The topological polar surface area (TPSA) is 18.5 Å². The number of hydrogen-bond acceptors (Lipinski definition) is 2. The highest BCUT2D eigenvalue weighted by Gasteiger charge is 2.30. The third-order valence-electron chi connectivity index (χ3n) is 6.67. The minimum atomic E-state index is -4.74. The van der Waals surface area contributed by atoms with Gasteiger partial charge in [0.05, 0.1) is 6.61 Å². The van der Waals surface area contributed by atoms with Gasteiger partial charge in [-0.3, -0.25) is 0 Å². The number of alkyl halides is 3. The maximum absolute atomic E-state index is 15.3. The summed E-state index contributed by atoms with van der Waals surface area (Å²) in [5, 5.41) is 0.842. The summed E-state index contributed by atoms with van der Waals surface area (Å²) in [4.78, 5) is 0. The lowest BCUT2D eigenvalue weighted by molar-refractivity contribution is -0.154. The molecule has 0 bridgehead atoms. The fraction of sp³-hybridized carbons (Fsp3) is 0.312. The molecule has 4 aromatic rings. The van der Waals surface area contributed by atoms with E-state index in [9.17, 15) is 26.3 Å². The average Bonchev–Trinajstić information content (AvgIpc) is 2.91. The molecule has 4 rings (SSSR count). The molecule has 0 amide bonds. The van der Waals surface area contributed by atoms with Crippen molar-refractivity contribution in [2.45, 2.75) is 51.6 Å². The summed E-state index contributed by atoms with van der Waals surface area (Å²) in [6.45, 7) is 0.814. The van der Waals surface area contributed by atoms with Crippen molar-refractivity contribution in [1.82, 2.24) is 0 Å². The largest absolute Gasteiger partial charge is 0.493 e. The maximum atomic E-state index is 15.3. The van der Waals surface area contributed by atoms with E-state index in [2.05, 4.69) is 11.7 Å². The van der Waals surface area contributed by atoms with Crippen LogP contribution in [0, 0.1) is 23.3 Å². The van der Waals surface area contributed by atoms with Gasteiger partial charge in [-0.05, 0) is 71.7 Å². The van der Waals surface area contributed by atoms with Gasteiger partial charge in [0, 0.05) is 17.0 Å². The second kappa shape index (κ2) is 13.3. The second-order valence-corrected chi connectivity index (χ2v) is 9.82. The van der Waals surface area contributed by atoms with Crippen molar-refractivity contribution in [3.63, 3.8) is 0 Å². The highest BCUT2D eigenvalue weighted by molar-refractivity contribution is 5.88. The number of unbranched alkanes of at least 4 members (excludes halogenated alkanes) is 3. The molecule has 0 aliphatic heterocycles. The van der Waals surface area contributed by atoms with E-state index >= 15 is 4.39 Å². The summed E-state index contributed by atoms with van der Waals surface area (Å²) in [5.74, 6) is -4.18. The van der Waals surface area contributed by atoms with E-state index in [-0.39, 0.29) is 24.0 Å². The molecule has 0 atom stereocenters. The summed E-state index contributed by atoms with van der Waals surface area (Å²) in [6.07, 6.45) is -0.428. The summed E-state index contributed by atoms with van der Waals surface area (Å²) < 4.78 is 105. The molecule has 0 fully saturated rings. The number of ether oxygens (including phenoxy) is 2. The number of aryl methyl sites for hydroxylation is 2. The molecule has 41 heavy (non-hydrogen) atoms. The van der Waals surface area contributed by atoms with E-state index in [1.807, 2.05) is 0 Å². The molecule has 0 aliphatic rings. The van der Waals surface area contributed by atoms with Gasteiger partial charge in [-0.1, -0.05) is 50.5 Å². The molecule has 9 heteroatoms. The lowest BCUT2D eigenvalue weighted by Crippen LogP contribution is -2.20. The van der Waals surface area contributed by atoms with Crippen LogP contribution in [0.15, 0.2) is 60.7 Å². The van der Waals surface area contributed by atoms with Crippen LogP contribution >= 0.6 is 0 Å². The number of halogens is 7. The molecular formula is C32H29F7O2. The van der Waals surface area contributed by atoms with Crippen LogP contribution in [-0.2, 0) is 12.8 Å². The van der Waals surface area contributed by atoms with Gasteiger partial charge in [0.1, 0.15) is 17.4 Å². The Morgan fingerprint density at radius 3 is 2.15 bits per heavy atom. The van der Waals surface area contributed by atoms with E-state index < -0.39 is 41.8 Å². The monoisotopic (exact) mass is 578 g/mol. The SMILES string of the molecule is CCCCCCOc1ccc(-c2ccc3c(F)c(CCc4cc(F)c(OCC(F)(F)F)c(F)c4)ccc3c2)c(F)c1. The van der Waals surface area contributed by atoms with Gasteiger partial charge in [0.2, 0.25) is 0 Å². The van der Waals surface area contributed by atoms with Gasteiger partial charge < -0.3 is 9.47 Å². The summed E-state index contributed by atoms with van der Waals surface area (Å²) in [6, 6.07) is 14.5. The van der Waals surface area contributed by atoms with Crippen molar-refractivity contribution < 1.29 is 40.2 Å². The van der Waals surface area contributed by atoms with Crippen molar-refractivity contribution in [2.24, 2.45) is 0 Å². The number of fused-ring (bicyclic) bond motifs is 1. The third kappa shape index (κ3) is 7.93. The number of hydrogen-bond donors (Lipinski definition) is 0. The lowest BCUT2D eigenvalue weighted by atomic mass is 9.97. The first-order chi connectivity index (χ1) is 19.6. The Labute approximate surface area is 233 Å². The number of benzene rings is 4. The van der Waals surface area contributed by atoms with E-state index in [0.717, 1.165) is 37.8 Å². The first-order valence-electron chi connectivity index (χ1n) is 13.4. The molecular weight excluding hydrogens is 549 g/mol. The van der Waals surface area contributed by atoms with Gasteiger partial charge in [-0.15, -0.1) is 0 Å². The Morgan fingerprint density at radius 2 is 1.46 bits per heavy atom. The van der Waals surface area contributed by atoms with Crippen molar-refractivity contribution in [3.8, 4) is 22.6 Å². The van der Waals surface area contributed by atoms with Crippen molar-refractivity contribution in [3.05, 3.63) is 95.1 Å². The van der Waals surface area contributed by atoms with E-state index in [4.69, 9.17) is 4.74 Å². The first kappa shape index (κ1) is 30.2. The van der Waals surface area contributed by atoms with Crippen LogP contribution in [0.25, 0.3) is 21.9 Å². The minimum absolute atomic E-state index is 0.0339. The second-order valence-electron chi connectivity index (χ2n) is 9.82. The van der Waals surface area contributed by atoms with Crippen LogP contribution in [0.5, 0.6) is 11.5 Å². The van der Waals surface area contributed by atoms with Gasteiger partial charge in [-0.25, -0.2) is 17.6 Å². The minimum Gasteiger partial charge on any atom is -0.493 e. The average molecular weight is 579 g/mol. The maximum Gasteiger partial charge on any atom is 0.422 e. The van der Waals surface area contributed by atoms with Crippen molar-refractivity contribution in [2.75, 3.05) is 13.2 Å². The Balaban J connectivity index is 1.45. The Morgan fingerprint density at radius 1 is 0.707 bits per heavy atom. The molecule has 2 nitrogen and oxygen atoms in total. The first-order valence-corrected chi connectivity index (χ1v) is 13.4. The van der Waals surface area contributed by atoms with Crippen LogP contribution in [0.1, 0.15) is 43.7 Å². The smallest absolute Gasteiger partial charge is 0.422 e. The standard InChI is InChI=1S/C32H29F7O2/c1-2-3-4-5-14-40-24-11-13-25(27(33)18-24)22-10-12-26-23(17-22)9-8-21(30(26)36)7-6-20-15-28(34)31(29(35)16-20)41-19-32(37,38)39/h8-13,15-18H,2-7,14,19H2,1H3. The molecule has 0 unspecified atom stereocenters. The van der Waals surface area contributed by atoms with Gasteiger partial charge in [0.25, 0.3) is 0 Å². The highest BCUT2D eigenvalue weighted by atomic mass is 19.4. The van der Waals surface area contributed by atoms with Crippen LogP contribution in [-0.4, -0.2) is 19.4 Å². The third-order valence-corrected chi connectivity index (χ3v) is 6.67. The van der Waals surface area contributed by atoms with E-state index in [1.54, 1.807) is 42.5 Å². The van der Waals surface area contributed by atoms with E-state index in [1.165, 1.54) is 6.07 Å². The highest BCUT2D eigenvalue weighted by Crippen LogP contribution is 2.32. The molecule has 0 aromatic heterocycles. The molecule has 218 valence electrons. The van der Waals surface area contributed by atoms with Gasteiger partial charge >= 0.3 is 6.18 Å². The lowest BCUT2D eigenvalue weighted by Gasteiger charge is -2.13. The van der Waals surface area contributed by atoms with Crippen molar-refractivity contribution in [1.29, 1.82) is 0 Å². The zero-order valence-electron chi connectivity index (χ0n) is 22.4. The van der Waals surface area contributed by atoms with Gasteiger partial charge in [-0.2, -0.15) is 13.2 Å². The predicted molar refractivity (Wildman–Crippen MR) is 144 cm³/mol. The zero-order valence-corrected chi connectivity index (χ0v) is 22.4. The Hall–Kier alpha value is -3.75. The quantitative estimate of drug-likeness (QED) is 0.123. The molecule has 0 aliphatic carbocycles. The summed E-state index contributed by atoms with van der Waals surface area (Å²) in [5.41, 5.74) is 1.34. The summed E-state index contributed by atoms with van der Waals surface area (Å²) in [7, 11) is 0. The van der Waals surface area contributed by atoms with Crippen molar-refractivity contribution >= 4 is 10.8 Å². The fourth-order valence-electron chi connectivity index (χ4n) is 4.56. The number of rotatable bonds is 12. The van der Waals surface area contributed by atoms with Crippen LogP contribution in [0.2, 0.25) is 0 Å². The van der Waals surface area contributed by atoms with E-state index in [0.29, 0.717) is 34.3 Å².